The van der Waals surface area contributed by atoms with Gasteiger partial charge in [0.25, 0.3) is 0 Å². The highest BCUT2D eigenvalue weighted by Crippen LogP contribution is 2.26. The van der Waals surface area contributed by atoms with Crippen LogP contribution in [-0.4, -0.2) is 31.5 Å². The van der Waals surface area contributed by atoms with Crippen molar-refractivity contribution in [3.05, 3.63) is 53.3 Å². The van der Waals surface area contributed by atoms with Crippen molar-refractivity contribution in [1.29, 1.82) is 0 Å². The van der Waals surface area contributed by atoms with Gasteiger partial charge in [-0.2, -0.15) is 0 Å². The lowest BCUT2D eigenvalue weighted by atomic mass is 9.87. The minimum atomic E-state index is -0.237. The number of carbonyl (C=O) groups excluding carboxylic acids is 1. The van der Waals surface area contributed by atoms with E-state index in [2.05, 4.69) is 53.4 Å². The molecule has 0 bridgehead atoms. The van der Waals surface area contributed by atoms with Gasteiger partial charge in [0.05, 0.1) is 11.4 Å². The molecule has 3 N–H and O–H groups in total. The van der Waals surface area contributed by atoms with Crippen molar-refractivity contribution in [3.63, 3.8) is 0 Å². The van der Waals surface area contributed by atoms with Crippen molar-refractivity contribution in [2.75, 3.05) is 16.9 Å². The van der Waals surface area contributed by atoms with E-state index in [1.807, 2.05) is 12.1 Å². The number of anilines is 1. The van der Waals surface area contributed by atoms with Crippen LogP contribution in [0.15, 0.2) is 47.8 Å². The summed E-state index contributed by atoms with van der Waals surface area (Å²) < 4.78 is 1.39. The second-order valence-electron chi connectivity index (χ2n) is 7.18. The normalized spacial score (nSPS) is 11.4. The summed E-state index contributed by atoms with van der Waals surface area (Å²) in [4.78, 5) is 16.1. The number of nitrogens with two attached hydrogens (primary N) is 1. The van der Waals surface area contributed by atoms with Crippen LogP contribution in [0.5, 0.6) is 0 Å². The number of nitrogens with zero attached hydrogens (tertiary/aromatic N) is 4. The third-order valence-electron chi connectivity index (χ3n) is 4.04. The molecule has 2 aromatic heterocycles. The molecule has 3 rings (SSSR count). The predicted octanol–water partition coefficient (Wildman–Crippen LogP) is 3.74. The number of benzene rings is 1. The van der Waals surface area contributed by atoms with Gasteiger partial charge in [-0.1, -0.05) is 68.4 Å². The number of pyridine rings is 1. The number of nitrogen functional groups attached to an aromatic ring is 1. The molecule has 0 saturated heterocycles. The number of thioether (sulfide) groups is 1. The van der Waals surface area contributed by atoms with E-state index in [4.69, 9.17) is 17.4 Å². The first-order valence-corrected chi connectivity index (χ1v) is 9.96. The van der Waals surface area contributed by atoms with Crippen LogP contribution < -0.4 is 11.2 Å². The Morgan fingerprint density at radius 1 is 1.21 bits per heavy atom. The van der Waals surface area contributed by atoms with Gasteiger partial charge in [0.1, 0.15) is 0 Å². The molecule has 0 aliphatic rings. The molecule has 0 atom stereocenters. The minimum Gasteiger partial charge on any atom is -0.335 e. The molecule has 2 heterocycles. The second-order valence-corrected chi connectivity index (χ2v) is 8.48. The quantitative estimate of drug-likeness (QED) is 0.373. The van der Waals surface area contributed by atoms with E-state index in [9.17, 15) is 4.79 Å². The van der Waals surface area contributed by atoms with E-state index in [1.165, 1.54) is 22.0 Å². The highest BCUT2D eigenvalue weighted by atomic mass is 35.5. The summed E-state index contributed by atoms with van der Waals surface area (Å²) in [7, 11) is 0. The summed E-state index contributed by atoms with van der Waals surface area (Å²) in [6, 6.07) is 11.4. The first-order chi connectivity index (χ1) is 13.3. The van der Waals surface area contributed by atoms with Gasteiger partial charge >= 0.3 is 0 Å². The van der Waals surface area contributed by atoms with E-state index < -0.39 is 0 Å². The molecule has 0 aliphatic heterocycles. The van der Waals surface area contributed by atoms with Gasteiger partial charge in [0, 0.05) is 11.8 Å². The van der Waals surface area contributed by atoms with Crippen LogP contribution in [0.1, 0.15) is 26.3 Å². The fourth-order valence-electron chi connectivity index (χ4n) is 2.49. The zero-order chi connectivity index (χ0) is 20.3. The topological polar surface area (TPSA) is 98.7 Å². The fourth-order valence-corrected chi connectivity index (χ4v) is 3.31. The zero-order valence-corrected chi connectivity index (χ0v) is 17.4. The smallest absolute Gasteiger partial charge is 0.234 e. The molecule has 0 radical (unpaired) electrons. The van der Waals surface area contributed by atoms with Crippen LogP contribution in [0.4, 0.5) is 5.69 Å². The number of nitrogens with one attached hydrogen (secondary N) is 1. The van der Waals surface area contributed by atoms with Crippen LogP contribution in [0.3, 0.4) is 0 Å². The molecule has 0 saturated carbocycles. The Kier molecular flexibility index (Phi) is 5.90. The SMILES string of the molecule is CC(C)(C)c1ccc(-c2nnc(SCC(=O)Nc3cccnc3Cl)n2N)cc1. The van der Waals surface area contributed by atoms with Gasteiger partial charge in [-0.3, -0.25) is 4.79 Å². The lowest BCUT2D eigenvalue weighted by molar-refractivity contribution is -0.113. The third kappa shape index (κ3) is 4.63. The lowest BCUT2D eigenvalue weighted by Gasteiger charge is -2.19. The number of amides is 1. The van der Waals surface area contributed by atoms with Crippen LogP contribution in [0.25, 0.3) is 11.4 Å². The van der Waals surface area contributed by atoms with E-state index in [1.54, 1.807) is 18.3 Å². The molecular weight excluding hydrogens is 396 g/mol. The van der Waals surface area contributed by atoms with E-state index >= 15 is 0 Å². The number of halogens is 1. The molecule has 7 nitrogen and oxygen atoms in total. The van der Waals surface area contributed by atoms with Crippen molar-refractivity contribution in [3.8, 4) is 11.4 Å². The molecule has 28 heavy (non-hydrogen) atoms. The van der Waals surface area contributed by atoms with Gasteiger partial charge in [0.15, 0.2) is 11.0 Å². The monoisotopic (exact) mass is 416 g/mol. The summed E-state index contributed by atoms with van der Waals surface area (Å²) in [5.41, 5.74) is 2.62. The van der Waals surface area contributed by atoms with Crippen molar-refractivity contribution in [1.82, 2.24) is 19.9 Å². The van der Waals surface area contributed by atoms with Crippen LogP contribution in [0.2, 0.25) is 5.15 Å². The molecule has 0 unspecified atom stereocenters. The molecule has 3 aromatic rings. The predicted molar refractivity (Wildman–Crippen MR) is 113 cm³/mol. The summed E-state index contributed by atoms with van der Waals surface area (Å²) >= 11 is 7.13. The van der Waals surface area contributed by atoms with E-state index in [0.29, 0.717) is 16.7 Å². The molecule has 0 fully saturated rings. The van der Waals surface area contributed by atoms with Gasteiger partial charge in [-0.05, 0) is 23.1 Å². The van der Waals surface area contributed by atoms with Crippen molar-refractivity contribution in [2.24, 2.45) is 0 Å². The van der Waals surface area contributed by atoms with Crippen molar-refractivity contribution in [2.45, 2.75) is 31.3 Å². The fraction of sp³-hybridized carbons (Fsp3) is 0.263. The van der Waals surface area contributed by atoms with E-state index in [-0.39, 0.29) is 22.2 Å². The summed E-state index contributed by atoms with van der Waals surface area (Å²) in [5.74, 6) is 6.55. The van der Waals surface area contributed by atoms with Crippen LogP contribution >= 0.6 is 23.4 Å². The van der Waals surface area contributed by atoms with Gasteiger partial charge in [-0.15, -0.1) is 10.2 Å². The number of hydrogen-bond donors (Lipinski definition) is 2. The summed E-state index contributed by atoms with van der Waals surface area (Å²) in [6.07, 6.45) is 1.55. The largest absolute Gasteiger partial charge is 0.335 e. The second kappa shape index (κ2) is 8.20. The molecule has 0 aliphatic carbocycles. The molecule has 1 aromatic carbocycles. The minimum absolute atomic E-state index is 0.0699. The highest BCUT2D eigenvalue weighted by Gasteiger charge is 2.17. The number of hydrogen-bond acceptors (Lipinski definition) is 6. The highest BCUT2D eigenvalue weighted by molar-refractivity contribution is 7.99. The van der Waals surface area contributed by atoms with Crippen molar-refractivity contribution < 1.29 is 4.79 Å². The third-order valence-corrected chi connectivity index (χ3v) is 5.28. The zero-order valence-electron chi connectivity index (χ0n) is 15.8. The molecule has 146 valence electrons. The molecule has 9 heteroatoms. The van der Waals surface area contributed by atoms with Gasteiger partial charge in [0.2, 0.25) is 11.1 Å². The average Bonchev–Trinajstić information content (AvgIpc) is 3.02. The first-order valence-electron chi connectivity index (χ1n) is 8.60. The van der Waals surface area contributed by atoms with Crippen molar-refractivity contribution >= 4 is 35.0 Å². The molecule has 1 amide bonds. The van der Waals surface area contributed by atoms with E-state index in [0.717, 1.165) is 5.56 Å². The summed E-state index contributed by atoms with van der Waals surface area (Å²) in [5, 5.41) is 11.6. The Balaban J connectivity index is 1.66. The number of carbonyl (C=O) groups is 1. The van der Waals surface area contributed by atoms with Crippen LogP contribution in [-0.2, 0) is 10.2 Å². The van der Waals surface area contributed by atoms with Gasteiger partial charge in [-0.25, -0.2) is 9.66 Å². The number of aromatic nitrogens is 4. The molecular formula is C19H21ClN6OS. The Morgan fingerprint density at radius 2 is 1.93 bits per heavy atom. The Hall–Kier alpha value is -2.58. The summed E-state index contributed by atoms with van der Waals surface area (Å²) in [6.45, 7) is 6.48. The molecule has 0 spiro atoms. The number of rotatable bonds is 5. The first kappa shape index (κ1) is 20.2. The Morgan fingerprint density at radius 3 is 2.57 bits per heavy atom. The lowest BCUT2D eigenvalue weighted by Crippen LogP contribution is -2.16. The maximum Gasteiger partial charge on any atom is 0.234 e. The average molecular weight is 417 g/mol. The maximum absolute atomic E-state index is 12.1. The van der Waals surface area contributed by atoms with Crippen LogP contribution in [0, 0.1) is 0 Å². The Labute approximate surface area is 172 Å². The Bertz CT molecular complexity index is 981. The maximum atomic E-state index is 12.1. The van der Waals surface area contributed by atoms with Gasteiger partial charge < -0.3 is 11.2 Å². The standard InChI is InChI=1S/C19H21ClN6OS/c1-19(2,3)13-8-6-12(7-9-13)17-24-25-18(26(17)21)28-11-15(27)23-14-5-4-10-22-16(14)20/h4-10H,11,21H2,1-3H3,(H,23,27).